The largest absolute Gasteiger partial charge is 0.455 e. The molecule has 100 valence electrons. The lowest BCUT2D eigenvalue weighted by Gasteiger charge is -2.20. The van der Waals surface area contributed by atoms with Crippen molar-refractivity contribution in [1.29, 1.82) is 0 Å². The lowest BCUT2D eigenvalue weighted by Crippen LogP contribution is -2.11. The highest BCUT2D eigenvalue weighted by Crippen LogP contribution is 2.30. The van der Waals surface area contributed by atoms with E-state index in [0.29, 0.717) is 0 Å². The standard InChI is InChI=1S/C16H18BrNO/c1-11-7-12(16(2,3)4)5-6-15(11)19-14-8-13(17)9-18-10-14/h5-10H,1-4H3. The summed E-state index contributed by atoms with van der Waals surface area (Å²) in [6.07, 6.45) is 3.45. The van der Waals surface area contributed by atoms with Gasteiger partial charge in [0.1, 0.15) is 11.5 Å². The molecule has 0 radical (unpaired) electrons. The molecule has 0 aliphatic carbocycles. The van der Waals surface area contributed by atoms with E-state index in [2.05, 4.69) is 60.7 Å². The number of rotatable bonds is 2. The average molecular weight is 320 g/mol. The Kier molecular flexibility index (Phi) is 3.95. The topological polar surface area (TPSA) is 22.1 Å². The van der Waals surface area contributed by atoms with E-state index in [9.17, 15) is 0 Å². The van der Waals surface area contributed by atoms with Crippen LogP contribution in [-0.2, 0) is 5.41 Å². The van der Waals surface area contributed by atoms with Crippen molar-refractivity contribution in [2.45, 2.75) is 33.1 Å². The van der Waals surface area contributed by atoms with Crippen LogP contribution in [0, 0.1) is 6.92 Å². The van der Waals surface area contributed by atoms with Gasteiger partial charge in [-0.2, -0.15) is 0 Å². The first-order valence-corrected chi connectivity index (χ1v) is 7.05. The predicted octanol–water partition coefficient (Wildman–Crippen LogP) is 5.24. The van der Waals surface area contributed by atoms with E-state index in [4.69, 9.17) is 4.74 Å². The molecular weight excluding hydrogens is 302 g/mol. The van der Waals surface area contributed by atoms with Gasteiger partial charge in [0.2, 0.25) is 0 Å². The Labute approximate surface area is 123 Å². The van der Waals surface area contributed by atoms with Crippen molar-refractivity contribution >= 4 is 15.9 Å². The van der Waals surface area contributed by atoms with Crippen LogP contribution < -0.4 is 4.74 Å². The Morgan fingerprint density at radius 1 is 1.11 bits per heavy atom. The maximum atomic E-state index is 5.87. The Morgan fingerprint density at radius 2 is 1.84 bits per heavy atom. The quantitative estimate of drug-likeness (QED) is 0.754. The second-order valence-electron chi connectivity index (χ2n) is 5.67. The molecule has 19 heavy (non-hydrogen) atoms. The number of hydrogen-bond donors (Lipinski definition) is 0. The molecule has 3 heteroatoms. The summed E-state index contributed by atoms with van der Waals surface area (Å²) in [5, 5.41) is 0. The smallest absolute Gasteiger partial charge is 0.146 e. The van der Waals surface area contributed by atoms with Crippen LogP contribution in [0.2, 0.25) is 0 Å². The fourth-order valence-corrected chi connectivity index (χ4v) is 2.15. The van der Waals surface area contributed by atoms with Gasteiger partial charge in [0.05, 0.1) is 6.20 Å². The van der Waals surface area contributed by atoms with Crippen LogP contribution in [0.3, 0.4) is 0 Å². The van der Waals surface area contributed by atoms with Gasteiger partial charge in [-0.15, -0.1) is 0 Å². The van der Waals surface area contributed by atoms with Crippen LogP contribution in [0.1, 0.15) is 31.9 Å². The number of benzene rings is 1. The molecule has 2 rings (SSSR count). The van der Waals surface area contributed by atoms with E-state index in [0.717, 1.165) is 21.5 Å². The predicted molar refractivity (Wildman–Crippen MR) is 81.9 cm³/mol. The molecule has 1 heterocycles. The van der Waals surface area contributed by atoms with Crippen LogP contribution in [0.4, 0.5) is 0 Å². The molecule has 2 aromatic rings. The molecule has 0 unspecified atom stereocenters. The number of pyridine rings is 1. The monoisotopic (exact) mass is 319 g/mol. The fraction of sp³-hybridized carbons (Fsp3) is 0.312. The van der Waals surface area contributed by atoms with Crippen molar-refractivity contribution in [3.05, 3.63) is 52.3 Å². The maximum Gasteiger partial charge on any atom is 0.146 e. The van der Waals surface area contributed by atoms with E-state index >= 15 is 0 Å². The number of aryl methyl sites for hydroxylation is 1. The lowest BCUT2D eigenvalue weighted by atomic mass is 9.86. The molecule has 0 aliphatic rings. The second-order valence-corrected chi connectivity index (χ2v) is 6.59. The van der Waals surface area contributed by atoms with E-state index < -0.39 is 0 Å². The summed E-state index contributed by atoms with van der Waals surface area (Å²) in [6, 6.07) is 8.23. The molecular formula is C16H18BrNO. The van der Waals surface area contributed by atoms with Crippen LogP contribution >= 0.6 is 15.9 Å². The van der Waals surface area contributed by atoms with Crippen molar-refractivity contribution in [1.82, 2.24) is 4.98 Å². The van der Waals surface area contributed by atoms with Gasteiger partial charge in [-0.1, -0.05) is 32.9 Å². The van der Waals surface area contributed by atoms with Gasteiger partial charge in [0, 0.05) is 10.7 Å². The van der Waals surface area contributed by atoms with E-state index in [-0.39, 0.29) is 5.41 Å². The molecule has 0 atom stereocenters. The molecule has 0 fully saturated rings. The van der Waals surface area contributed by atoms with Gasteiger partial charge in [-0.3, -0.25) is 4.98 Å². The fourth-order valence-electron chi connectivity index (χ4n) is 1.81. The van der Waals surface area contributed by atoms with Gasteiger partial charge < -0.3 is 4.74 Å². The van der Waals surface area contributed by atoms with E-state index in [1.54, 1.807) is 12.4 Å². The molecule has 2 nitrogen and oxygen atoms in total. The zero-order chi connectivity index (χ0) is 14.0. The Hall–Kier alpha value is -1.35. The van der Waals surface area contributed by atoms with Crippen molar-refractivity contribution in [2.75, 3.05) is 0 Å². The highest BCUT2D eigenvalue weighted by molar-refractivity contribution is 9.10. The van der Waals surface area contributed by atoms with Gasteiger partial charge in [0.15, 0.2) is 0 Å². The average Bonchev–Trinajstić information content (AvgIpc) is 2.30. The molecule has 0 amide bonds. The van der Waals surface area contributed by atoms with Gasteiger partial charge >= 0.3 is 0 Å². The highest BCUT2D eigenvalue weighted by Gasteiger charge is 2.15. The van der Waals surface area contributed by atoms with E-state index in [1.807, 2.05) is 12.1 Å². The zero-order valence-corrected chi connectivity index (χ0v) is 13.3. The normalized spacial score (nSPS) is 11.4. The summed E-state index contributed by atoms with van der Waals surface area (Å²) in [6.45, 7) is 8.69. The van der Waals surface area contributed by atoms with Crippen molar-refractivity contribution in [2.24, 2.45) is 0 Å². The van der Waals surface area contributed by atoms with Crippen LogP contribution in [0.25, 0.3) is 0 Å². The first-order valence-electron chi connectivity index (χ1n) is 6.26. The molecule has 0 bridgehead atoms. The number of halogens is 1. The van der Waals surface area contributed by atoms with Crippen molar-refractivity contribution in [3.8, 4) is 11.5 Å². The van der Waals surface area contributed by atoms with Crippen molar-refractivity contribution < 1.29 is 4.74 Å². The summed E-state index contributed by atoms with van der Waals surface area (Å²) in [5.41, 5.74) is 2.60. The lowest BCUT2D eigenvalue weighted by molar-refractivity contribution is 0.475. The Bertz CT molecular complexity index is 588. The molecule has 0 saturated heterocycles. The summed E-state index contributed by atoms with van der Waals surface area (Å²) in [4.78, 5) is 4.09. The molecule has 0 N–H and O–H groups in total. The molecule has 1 aromatic heterocycles. The summed E-state index contributed by atoms with van der Waals surface area (Å²) in [5.74, 6) is 1.61. The Morgan fingerprint density at radius 3 is 2.42 bits per heavy atom. The minimum Gasteiger partial charge on any atom is -0.455 e. The third-order valence-corrected chi connectivity index (χ3v) is 3.38. The number of ether oxygens (including phenoxy) is 1. The molecule has 0 spiro atoms. The van der Waals surface area contributed by atoms with Gasteiger partial charge in [-0.25, -0.2) is 0 Å². The number of aromatic nitrogens is 1. The van der Waals surface area contributed by atoms with Gasteiger partial charge in [0.25, 0.3) is 0 Å². The first kappa shape index (κ1) is 14.1. The maximum absolute atomic E-state index is 5.87. The third kappa shape index (κ3) is 3.57. The van der Waals surface area contributed by atoms with Crippen LogP contribution in [0.15, 0.2) is 41.1 Å². The van der Waals surface area contributed by atoms with Crippen LogP contribution in [-0.4, -0.2) is 4.98 Å². The van der Waals surface area contributed by atoms with Crippen LogP contribution in [0.5, 0.6) is 11.5 Å². The van der Waals surface area contributed by atoms with Gasteiger partial charge in [-0.05, 0) is 51.5 Å². The van der Waals surface area contributed by atoms with Crippen molar-refractivity contribution in [3.63, 3.8) is 0 Å². The number of nitrogens with zero attached hydrogens (tertiary/aromatic N) is 1. The summed E-state index contributed by atoms with van der Waals surface area (Å²) >= 11 is 3.39. The highest BCUT2D eigenvalue weighted by atomic mass is 79.9. The summed E-state index contributed by atoms with van der Waals surface area (Å²) in [7, 11) is 0. The number of hydrogen-bond acceptors (Lipinski definition) is 2. The molecule has 0 saturated carbocycles. The Balaban J connectivity index is 2.27. The zero-order valence-electron chi connectivity index (χ0n) is 11.7. The third-order valence-electron chi connectivity index (χ3n) is 2.95. The molecule has 0 aliphatic heterocycles. The first-order chi connectivity index (χ1) is 8.86. The second kappa shape index (κ2) is 5.33. The molecule has 1 aromatic carbocycles. The summed E-state index contributed by atoms with van der Waals surface area (Å²) < 4.78 is 6.78. The van der Waals surface area contributed by atoms with E-state index in [1.165, 1.54) is 5.56 Å². The minimum atomic E-state index is 0.153. The minimum absolute atomic E-state index is 0.153. The SMILES string of the molecule is Cc1cc(C(C)(C)C)ccc1Oc1cncc(Br)c1.